The van der Waals surface area contributed by atoms with Gasteiger partial charge in [-0.25, -0.2) is 0 Å². The monoisotopic (exact) mass is 439 g/mol. The molecule has 0 bridgehead atoms. The van der Waals surface area contributed by atoms with Crippen LogP contribution in [0.2, 0.25) is 0 Å². The average Bonchev–Trinajstić information content (AvgIpc) is 2.61. The molecule has 1 saturated heterocycles. The SMILES string of the molecule is C[C@@H]1C[N-][C@@H](C)C[N-][C@@H]2CCCC[C@H]2[N-]C[C@H](C)[N-]CC[N-]1.[Cl][Mn][Cl].[HH].[HH].[HH].[HH]. The van der Waals surface area contributed by atoms with Crippen molar-refractivity contribution in [3.8, 4) is 0 Å². The fraction of sp³-hybridized carbons (Fsp3) is 1.00. The van der Waals surface area contributed by atoms with Crippen molar-refractivity contribution < 1.29 is 18.8 Å². The van der Waals surface area contributed by atoms with Crippen molar-refractivity contribution in [3.63, 3.8) is 0 Å². The number of hydrogen-bond donors (Lipinski definition) is 0. The van der Waals surface area contributed by atoms with Gasteiger partial charge < -0.3 is 26.6 Å². The van der Waals surface area contributed by atoms with Crippen LogP contribution < -0.4 is 0 Å². The quantitative estimate of drug-likeness (QED) is 0.376. The van der Waals surface area contributed by atoms with Crippen LogP contribution in [-0.4, -0.2) is 62.9 Å². The molecule has 2 fully saturated rings. The summed E-state index contributed by atoms with van der Waals surface area (Å²) >= 11 is 0.00694. The van der Waals surface area contributed by atoms with E-state index in [-0.39, 0.29) is 18.8 Å². The van der Waals surface area contributed by atoms with Crippen LogP contribution in [0.5, 0.6) is 0 Å². The van der Waals surface area contributed by atoms with Crippen molar-refractivity contribution in [1.29, 1.82) is 0 Å². The zero-order valence-corrected chi connectivity index (χ0v) is 18.3. The van der Waals surface area contributed by atoms with Crippen LogP contribution in [0.15, 0.2) is 0 Å². The molecule has 0 aromatic heterocycles. The first kappa shape index (κ1) is 23.9. The molecule has 1 saturated carbocycles. The summed E-state index contributed by atoms with van der Waals surface area (Å²) in [7, 11) is 9.59. The molecular weight excluding hydrogens is 400 g/mol. The van der Waals surface area contributed by atoms with E-state index in [9.17, 15) is 0 Å². The Labute approximate surface area is 175 Å². The van der Waals surface area contributed by atoms with Crippen LogP contribution in [0.1, 0.15) is 52.2 Å². The fourth-order valence-electron chi connectivity index (χ4n) is 3.16. The van der Waals surface area contributed by atoms with Gasteiger partial charge in [0.1, 0.15) is 0 Å². The van der Waals surface area contributed by atoms with Crippen molar-refractivity contribution in [2.75, 3.05) is 32.7 Å². The van der Waals surface area contributed by atoms with Gasteiger partial charge in [-0.3, -0.25) is 0 Å². The van der Waals surface area contributed by atoms with Gasteiger partial charge in [0.2, 0.25) is 0 Å². The summed E-state index contributed by atoms with van der Waals surface area (Å²) in [5, 5.41) is 23.9. The molecule has 25 heavy (non-hydrogen) atoms. The van der Waals surface area contributed by atoms with Crippen molar-refractivity contribution in [2.45, 2.75) is 76.7 Å². The van der Waals surface area contributed by atoms with Gasteiger partial charge in [-0.05, 0) is 0 Å². The van der Waals surface area contributed by atoms with E-state index in [1.807, 2.05) is 0 Å². The van der Waals surface area contributed by atoms with E-state index in [0.717, 1.165) is 32.7 Å². The minimum absolute atomic E-state index is 0. The second kappa shape index (κ2) is 14.9. The summed E-state index contributed by atoms with van der Waals surface area (Å²) in [5.41, 5.74) is 0. The van der Waals surface area contributed by atoms with E-state index < -0.39 is 0 Å². The summed E-state index contributed by atoms with van der Waals surface area (Å²) in [6.07, 6.45) is 4.97. The Kier molecular flexibility index (Phi) is 14.3. The van der Waals surface area contributed by atoms with Crippen molar-refractivity contribution in [2.24, 2.45) is 0 Å². The van der Waals surface area contributed by atoms with Gasteiger partial charge in [-0.1, -0.05) is 46.5 Å². The van der Waals surface area contributed by atoms with Crippen molar-refractivity contribution >= 4 is 20.2 Å². The molecule has 5 nitrogen and oxygen atoms in total. The Morgan fingerprint density at radius 1 is 0.680 bits per heavy atom. The van der Waals surface area contributed by atoms with Gasteiger partial charge in [-0.15, -0.1) is 0 Å². The number of nitrogens with zero attached hydrogens (tertiary/aromatic N) is 5. The molecule has 159 valence electrons. The number of hydrogen-bond acceptors (Lipinski definition) is 0. The molecule has 1 aliphatic carbocycles. The van der Waals surface area contributed by atoms with E-state index in [0.29, 0.717) is 30.2 Å². The molecule has 2 aliphatic rings. The number of fused-ring (bicyclic) bond motifs is 1. The van der Waals surface area contributed by atoms with Crippen LogP contribution in [0, 0.1) is 0 Å². The van der Waals surface area contributed by atoms with E-state index in [1.54, 1.807) is 0 Å². The van der Waals surface area contributed by atoms with Crippen LogP contribution in [-0.2, 0) is 13.1 Å². The Morgan fingerprint density at radius 3 is 1.48 bits per heavy atom. The maximum Gasteiger partial charge on any atom is 0 e. The van der Waals surface area contributed by atoms with Crippen LogP contribution >= 0.6 is 20.2 Å². The van der Waals surface area contributed by atoms with E-state index in [2.05, 4.69) is 31.4 Å². The molecule has 0 amide bonds. The third-order valence-corrected chi connectivity index (χ3v) is 4.57. The third kappa shape index (κ3) is 11.4. The van der Waals surface area contributed by atoms with Crippen LogP contribution in [0.3, 0.4) is 0 Å². The molecule has 0 unspecified atom stereocenters. The Hall–Kier alpha value is 0.899. The minimum Gasteiger partial charge on any atom is 0 e. The molecule has 2 rings (SSSR count). The van der Waals surface area contributed by atoms with Crippen molar-refractivity contribution in [3.05, 3.63) is 26.6 Å². The molecule has 8 heteroatoms. The fourth-order valence-corrected chi connectivity index (χ4v) is 3.16. The van der Waals surface area contributed by atoms with Gasteiger partial charge in [0.25, 0.3) is 0 Å². The standard InChI is InChI=1S/C17H32N5.2ClH.Mn.4H2/c1-13-10-20-15(3)12-22-17-7-5-4-6-16(17)21-11-14(2)19-9-8-18-13;;;;;;;/h13-17H,4-12H2,1-3H3;2*1H;;4*1H/q-5;;;+2;;;;/p-2/t13-,14+,15+,16-,17-;;;;;;;/m1......./s1. The van der Waals surface area contributed by atoms with Gasteiger partial charge in [-0.2, -0.15) is 62.9 Å². The Bertz CT molecular complexity index is 344. The molecular formula is C17H40Cl2MnN5-5. The first-order valence-electron chi connectivity index (χ1n) is 9.26. The molecule has 1 heterocycles. The summed E-state index contributed by atoms with van der Waals surface area (Å²) in [6.45, 7) is 10.6. The minimum atomic E-state index is 0. The molecule has 1 aliphatic heterocycles. The van der Waals surface area contributed by atoms with Gasteiger partial charge in [0.15, 0.2) is 0 Å². The summed E-state index contributed by atoms with van der Waals surface area (Å²) in [6, 6.07) is 1.72. The first-order valence-corrected chi connectivity index (χ1v) is 12.5. The second-order valence-electron chi connectivity index (χ2n) is 6.93. The smallest absolute Gasteiger partial charge is 0 e. The zero-order chi connectivity index (χ0) is 18.5. The summed E-state index contributed by atoms with van der Waals surface area (Å²) < 4.78 is 0. The molecule has 0 spiro atoms. The molecule has 0 aromatic rings. The summed E-state index contributed by atoms with van der Waals surface area (Å²) in [5.74, 6) is 0. The maximum absolute atomic E-state index is 4.94. The molecule has 0 radical (unpaired) electrons. The topological polar surface area (TPSA) is 70.5 Å². The molecule has 5 atom stereocenters. The van der Waals surface area contributed by atoms with Gasteiger partial charge in [0, 0.05) is 5.71 Å². The largest absolute Gasteiger partial charge is 0 e. The zero-order valence-electron chi connectivity index (χ0n) is 15.6. The number of rotatable bonds is 0. The third-order valence-electron chi connectivity index (χ3n) is 4.57. The van der Waals surface area contributed by atoms with Gasteiger partial charge >= 0.3 is 33.3 Å². The van der Waals surface area contributed by atoms with Gasteiger partial charge in [0.05, 0.1) is 0 Å². The van der Waals surface area contributed by atoms with E-state index >= 15 is 0 Å². The first-order chi connectivity index (χ1) is 12.1. The van der Waals surface area contributed by atoms with E-state index in [1.165, 1.54) is 25.7 Å². The van der Waals surface area contributed by atoms with Crippen LogP contribution in [0.25, 0.3) is 26.6 Å². The Balaban J connectivity index is -0.000000420. The second-order valence-corrected chi connectivity index (χ2v) is 8.88. The molecule has 0 aromatic carbocycles. The molecule has 0 N–H and O–H groups in total. The van der Waals surface area contributed by atoms with E-state index in [4.69, 9.17) is 36.1 Å². The van der Waals surface area contributed by atoms with Crippen LogP contribution in [0.4, 0.5) is 0 Å². The average molecular weight is 440 g/mol. The Morgan fingerprint density at radius 2 is 1.04 bits per heavy atom. The van der Waals surface area contributed by atoms with Crippen molar-refractivity contribution in [1.82, 2.24) is 0 Å². The summed E-state index contributed by atoms with van der Waals surface area (Å²) in [4.78, 5) is 0. The predicted molar refractivity (Wildman–Crippen MR) is 116 cm³/mol. The normalized spacial score (nSPS) is 36.1. The predicted octanol–water partition coefficient (Wildman–Crippen LogP) is 6.71. The number of halogens is 2. The maximum atomic E-state index is 4.94.